The number of nitrogens with one attached hydrogen (secondary N) is 2. The summed E-state index contributed by atoms with van der Waals surface area (Å²) in [6, 6.07) is 14.8. The molecule has 3 heterocycles. The lowest BCUT2D eigenvalue weighted by Gasteiger charge is -2.19. The van der Waals surface area contributed by atoms with Crippen LogP contribution in [0.1, 0.15) is 38.4 Å². The highest BCUT2D eigenvalue weighted by atomic mass is 16.5. The summed E-state index contributed by atoms with van der Waals surface area (Å²) in [7, 11) is 0. The first kappa shape index (κ1) is 24.2. The zero-order valence-corrected chi connectivity index (χ0v) is 20.8. The van der Waals surface area contributed by atoms with Crippen molar-refractivity contribution >= 4 is 28.4 Å². The normalized spacial score (nSPS) is 12.2. The summed E-state index contributed by atoms with van der Waals surface area (Å²) < 4.78 is 9.00. The molecule has 0 amide bonds. The standard InChI is InChI=1S/C26H28N8O3/c1-4-33-25(36)19-11-10-18(12-22(19)34(33)16(2)3)30-26-27-13-20(24-28-15-29-37-24)23(32-26)31-21(14-35)17-8-6-5-7-9-17/h5-13,15-16,21,35H,4,14H2,1-3H3,(H2,27,30,31,32)/t21-/m1/s1. The molecular weight excluding hydrogens is 472 g/mol. The van der Waals surface area contributed by atoms with Crippen LogP contribution < -0.4 is 16.2 Å². The van der Waals surface area contributed by atoms with Gasteiger partial charge in [0, 0.05) is 24.5 Å². The second-order valence-corrected chi connectivity index (χ2v) is 8.81. The number of hydrogen-bond donors (Lipinski definition) is 3. The summed E-state index contributed by atoms with van der Waals surface area (Å²) in [6.45, 7) is 6.48. The lowest BCUT2D eigenvalue weighted by molar-refractivity contribution is 0.276. The fraction of sp³-hybridized carbons (Fsp3) is 0.269. The Morgan fingerprint density at radius 3 is 2.59 bits per heavy atom. The van der Waals surface area contributed by atoms with Gasteiger partial charge in [0.25, 0.3) is 11.4 Å². The first-order valence-corrected chi connectivity index (χ1v) is 12.1. The number of rotatable bonds is 9. The molecule has 0 fully saturated rings. The molecule has 3 aromatic heterocycles. The monoisotopic (exact) mass is 500 g/mol. The van der Waals surface area contributed by atoms with Crippen molar-refractivity contribution in [1.82, 2.24) is 29.5 Å². The summed E-state index contributed by atoms with van der Waals surface area (Å²) in [6.07, 6.45) is 2.89. The van der Waals surface area contributed by atoms with Crippen LogP contribution in [0, 0.1) is 0 Å². The fourth-order valence-electron chi connectivity index (χ4n) is 4.41. The molecule has 0 bridgehead atoms. The van der Waals surface area contributed by atoms with E-state index < -0.39 is 6.04 Å². The number of fused-ring (bicyclic) bond motifs is 1. The predicted octanol–water partition coefficient (Wildman–Crippen LogP) is 4.13. The molecule has 0 saturated carbocycles. The summed E-state index contributed by atoms with van der Waals surface area (Å²) >= 11 is 0. The number of nitrogens with zero attached hydrogens (tertiary/aromatic N) is 6. The van der Waals surface area contributed by atoms with Crippen molar-refractivity contribution in [3.63, 3.8) is 0 Å². The molecule has 0 aliphatic carbocycles. The van der Waals surface area contributed by atoms with Crippen LogP contribution in [-0.4, -0.2) is 41.2 Å². The van der Waals surface area contributed by atoms with Gasteiger partial charge in [-0.1, -0.05) is 35.5 Å². The van der Waals surface area contributed by atoms with Crippen molar-refractivity contribution < 1.29 is 9.63 Å². The molecule has 2 aromatic carbocycles. The van der Waals surface area contributed by atoms with Gasteiger partial charge in [-0.15, -0.1) is 0 Å². The molecule has 11 heteroatoms. The van der Waals surface area contributed by atoms with Gasteiger partial charge in [0.15, 0.2) is 6.33 Å². The van der Waals surface area contributed by atoms with Crippen LogP contribution in [0.15, 0.2) is 70.4 Å². The van der Waals surface area contributed by atoms with E-state index in [9.17, 15) is 9.90 Å². The second-order valence-electron chi connectivity index (χ2n) is 8.81. The van der Waals surface area contributed by atoms with Gasteiger partial charge in [0.2, 0.25) is 5.95 Å². The Bertz CT molecular complexity index is 1560. The lowest BCUT2D eigenvalue weighted by atomic mass is 10.1. The van der Waals surface area contributed by atoms with Crippen molar-refractivity contribution in [2.45, 2.75) is 39.4 Å². The summed E-state index contributed by atoms with van der Waals surface area (Å²) in [5.41, 5.74) is 2.94. The second kappa shape index (κ2) is 10.2. The Labute approximate surface area is 212 Å². The third-order valence-corrected chi connectivity index (χ3v) is 6.09. The number of aliphatic hydroxyl groups excluding tert-OH is 1. The minimum atomic E-state index is -0.420. The number of hydrogen-bond acceptors (Lipinski definition) is 9. The highest BCUT2D eigenvalue weighted by molar-refractivity contribution is 5.83. The highest BCUT2D eigenvalue weighted by Gasteiger charge is 2.19. The summed E-state index contributed by atoms with van der Waals surface area (Å²) in [4.78, 5) is 26.1. The van der Waals surface area contributed by atoms with E-state index in [1.54, 1.807) is 10.9 Å². The largest absolute Gasteiger partial charge is 0.394 e. The minimum Gasteiger partial charge on any atom is -0.394 e. The van der Waals surface area contributed by atoms with E-state index >= 15 is 0 Å². The number of benzene rings is 2. The van der Waals surface area contributed by atoms with Crippen LogP contribution in [-0.2, 0) is 6.54 Å². The van der Waals surface area contributed by atoms with Gasteiger partial charge in [-0.2, -0.15) is 9.97 Å². The van der Waals surface area contributed by atoms with E-state index in [0.29, 0.717) is 29.3 Å². The maximum Gasteiger partial charge on any atom is 0.274 e. The maximum atomic E-state index is 12.8. The Morgan fingerprint density at radius 1 is 1.11 bits per heavy atom. The van der Waals surface area contributed by atoms with Crippen LogP contribution >= 0.6 is 0 Å². The van der Waals surface area contributed by atoms with Crippen LogP contribution in [0.2, 0.25) is 0 Å². The van der Waals surface area contributed by atoms with Gasteiger partial charge in [0.05, 0.1) is 23.6 Å². The zero-order chi connectivity index (χ0) is 25.9. The Kier molecular flexibility index (Phi) is 6.69. The van der Waals surface area contributed by atoms with Gasteiger partial charge in [0.1, 0.15) is 11.4 Å². The van der Waals surface area contributed by atoms with E-state index in [2.05, 4.69) is 30.7 Å². The van der Waals surface area contributed by atoms with Crippen LogP contribution in [0.3, 0.4) is 0 Å². The molecule has 0 aliphatic heterocycles. The smallest absolute Gasteiger partial charge is 0.274 e. The van der Waals surface area contributed by atoms with Gasteiger partial charge in [-0.3, -0.25) is 9.48 Å². The number of anilines is 3. The molecule has 1 atom stereocenters. The molecule has 0 aliphatic rings. The first-order valence-electron chi connectivity index (χ1n) is 12.1. The van der Waals surface area contributed by atoms with Crippen LogP contribution in [0.5, 0.6) is 0 Å². The molecular formula is C26H28N8O3. The van der Waals surface area contributed by atoms with Crippen LogP contribution in [0.25, 0.3) is 22.4 Å². The van der Waals surface area contributed by atoms with E-state index in [4.69, 9.17) is 4.52 Å². The average Bonchev–Trinajstić information content (AvgIpc) is 3.54. The van der Waals surface area contributed by atoms with E-state index in [-0.39, 0.29) is 24.1 Å². The lowest BCUT2D eigenvalue weighted by Crippen LogP contribution is -2.23. The van der Waals surface area contributed by atoms with Crippen molar-refractivity contribution in [2.75, 3.05) is 17.2 Å². The quantitative estimate of drug-likeness (QED) is 0.273. The zero-order valence-electron chi connectivity index (χ0n) is 20.8. The van der Waals surface area contributed by atoms with Gasteiger partial charge in [-0.25, -0.2) is 9.67 Å². The first-order chi connectivity index (χ1) is 18.0. The molecule has 0 unspecified atom stereocenters. The Hall–Kier alpha value is -4.51. The van der Waals surface area contributed by atoms with Crippen molar-refractivity contribution in [1.29, 1.82) is 0 Å². The third-order valence-electron chi connectivity index (χ3n) is 6.09. The van der Waals surface area contributed by atoms with E-state index in [1.165, 1.54) is 6.33 Å². The molecule has 37 heavy (non-hydrogen) atoms. The number of aromatic nitrogens is 6. The molecule has 3 N–H and O–H groups in total. The molecule has 0 spiro atoms. The number of aliphatic hydroxyl groups is 1. The average molecular weight is 501 g/mol. The summed E-state index contributed by atoms with van der Waals surface area (Å²) in [5.74, 6) is 0.993. The maximum absolute atomic E-state index is 12.8. The Morgan fingerprint density at radius 2 is 1.92 bits per heavy atom. The molecule has 190 valence electrons. The van der Waals surface area contributed by atoms with E-state index in [1.807, 2.05) is 74.0 Å². The molecule has 5 rings (SSSR count). The molecule has 5 aromatic rings. The third kappa shape index (κ3) is 4.68. The minimum absolute atomic E-state index is 0.0136. The fourth-order valence-corrected chi connectivity index (χ4v) is 4.41. The van der Waals surface area contributed by atoms with Gasteiger partial charge in [-0.05, 0) is 44.5 Å². The predicted molar refractivity (Wildman–Crippen MR) is 141 cm³/mol. The Balaban J connectivity index is 1.52. The SMILES string of the molecule is CCn1c(=O)c2ccc(Nc3ncc(-c4ncno4)c(N[C@H](CO)c4ccccc4)n3)cc2n1C(C)C. The van der Waals surface area contributed by atoms with E-state index in [0.717, 1.165) is 16.8 Å². The van der Waals surface area contributed by atoms with Gasteiger partial charge < -0.3 is 20.3 Å². The van der Waals surface area contributed by atoms with Crippen molar-refractivity contribution in [3.8, 4) is 11.5 Å². The van der Waals surface area contributed by atoms with Crippen LogP contribution in [0.4, 0.5) is 17.5 Å². The molecule has 11 nitrogen and oxygen atoms in total. The summed E-state index contributed by atoms with van der Waals surface area (Å²) in [5, 5.41) is 20.9. The topological polar surface area (TPSA) is 136 Å². The van der Waals surface area contributed by atoms with Gasteiger partial charge >= 0.3 is 0 Å². The van der Waals surface area contributed by atoms with Crippen molar-refractivity contribution in [3.05, 3.63) is 77.0 Å². The molecule has 0 saturated heterocycles. The molecule has 0 radical (unpaired) electrons. The van der Waals surface area contributed by atoms with Crippen molar-refractivity contribution in [2.24, 2.45) is 0 Å². The highest BCUT2D eigenvalue weighted by Crippen LogP contribution is 2.29.